The number of hydrogen-bond donors (Lipinski definition) is 2. The van der Waals surface area contributed by atoms with E-state index in [9.17, 15) is 9.59 Å². The quantitative estimate of drug-likeness (QED) is 0.471. The van der Waals surface area contributed by atoms with Crippen LogP contribution < -0.4 is 11.1 Å². The Morgan fingerprint density at radius 3 is 2.70 bits per heavy atom. The Morgan fingerprint density at radius 1 is 1.35 bits per heavy atom. The Bertz CT molecular complexity index is 508. The highest BCUT2D eigenvalue weighted by Gasteiger charge is 2.16. The summed E-state index contributed by atoms with van der Waals surface area (Å²) in [6.45, 7) is 0.278. The maximum absolute atomic E-state index is 11.8. The van der Waals surface area contributed by atoms with E-state index >= 15 is 0 Å². The van der Waals surface area contributed by atoms with Crippen molar-refractivity contribution in [2.45, 2.75) is 0 Å². The van der Waals surface area contributed by atoms with Crippen LogP contribution in [0.25, 0.3) is 0 Å². The summed E-state index contributed by atoms with van der Waals surface area (Å²) in [7, 11) is 1.51. The standard InChI is InChI=1S/C12H14Cl2N2O4/c1-19-3-2-16-10(17)6-20-12(18)8-4-7(13)5-9(14)11(8)15/h4-5H,2-3,6,15H2,1H3,(H,16,17). The number of amides is 1. The number of rotatable bonds is 6. The maximum atomic E-state index is 11.8. The van der Waals surface area contributed by atoms with E-state index in [1.807, 2.05) is 0 Å². The molecule has 0 saturated carbocycles. The van der Waals surface area contributed by atoms with Crippen LogP contribution in [0.5, 0.6) is 0 Å². The van der Waals surface area contributed by atoms with Gasteiger partial charge in [0, 0.05) is 18.7 Å². The third-order valence-corrected chi connectivity index (χ3v) is 2.81. The summed E-state index contributed by atoms with van der Waals surface area (Å²) >= 11 is 11.6. The fourth-order valence-corrected chi connectivity index (χ4v) is 1.80. The fourth-order valence-electron chi connectivity index (χ4n) is 1.31. The molecule has 0 unspecified atom stereocenters. The van der Waals surface area contributed by atoms with Gasteiger partial charge in [-0.25, -0.2) is 4.79 Å². The van der Waals surface area contributed by atoms with Crippen LogP contribution in [0.3, 0.4) is 0 Å². The van der Waals surface area contributed by atoms with E-state index in [0.29, 0.717) is 13.2 Å². The third kappa shape index (κ3) is 4.88. The summed E-state index contributed by atoms with van der Waals surface area (Å²) in [4.78, 5) is 23.1. The van der Waals surface area contributed by atoms with Crippen LogP contribution >= 0.6 is 23.2 Å². The normalized spacial score (nSPS) is 10.2. The van der Waals surface area contributed by atoms with E-state index in [4.69, 9.17) is 38.4 Å². The highest BCUT2D eigenvalue weighted by Crippen LogP contribution is 2.27. The zero-order valence-corrected chi connectivity index (χ0v) is 12.3. The predicted octanol–water partition coefficient (Wildman–Crippen LogP) is 1.49. The van der Waals surface area contributed by atoms with Crippen molar-refractivity contribution in [2.75, 3.05) is 32.6 Å². The van der Waals surface area contributed by atoms with Gasteiger partial charge in [-0.15, -0.1) is 0 Å². The van der Waals surface area contributed by atoms with Crippen LogP contribution in [0, 0.1) is 0 Å². The molecule has 1 amide bonds. The SMILES string of the molecule is COCCNC(=O)COC(=O)c1cc(Cl)cc(Cl)c1N. The predicted molar refractivity (Wildman–Crippen MR) is 76.0 cm³/mol. The molecule has 20 heavy (non-hydrogen) atoms. The van der Waals surface area contributed by atoms with Crippen molar-refractivity contribution in [1.29, 1.82) is 0 Å². The fraction of sp³-hybridized carbons (Fsp3) is 0.333. The van der Waals surface area contributed by atoms with Gasteiger partial charge in [-0.3, -0.25) is 4.79 Å². The van der Waals surface area contributed by atoms with Crippen LogP contribution in [-0.4, -0.2) is 38.7 Å². The summed E-state index contributed by atoms with van der Waals surface area (Å²) in [5.41, 5.74) is 5.73. The lowest BCUT2D eigenvalue weighted by Crippen LogP contribution is -2.31. The number of hydrogen-bond acceptors (Lipinski definition) is 5. The van der Waals surface area contributed by atoms with Crippen molar-refractivity contribution < 1.29 is 19.1 Å². The van der Waals surface area contributed by atoms with Gasteiger partial charge in [0.2, 0.25) is 0 Å². The van der Waals surface area contributed by atoms with E-state index < -0.39 is 18.5 Å². The Kier molecular flexibility index (Phi) is 6.57. The molecule has 6 nitrogen and oxygen atoms in total. The average Bonchev–Trinajstić information content (AvgIpc) is 2.40. The van der Waals surface area contributed by atoms with Gasteiger partial charge in [0.25, 0.3) is 5.91 Å². The number of nitrogen functional groups attached to an aromatic ring is 1. The molecule has 0 heterocycles. The van der Waals surface area contributed by atoms with E-state index in [0.717, 1.165) is 0 Å². The molecule has 0 saturated heterocycles. The first kappa shape index (κ1) is 16.6. The Labute approximate surface area is 126 Å². The zero-order valence-electron chi connectivity index (χ0n) is 10.7. The lowest BCUT2D eigenvalue weighted by molar-refractivity contribution is -0.124. The molecule has 1 rings (SSSR count). The van der Waals surface area contributed by atoms with Crippen molar-refractivity contribution in [2.24, 2.45) is 0 Å². The minimum Gasteiger partial charge on any atom is -0.452 e. The number of nitrogens with one attached hydrogen (secondary N) is 1. The summed E-state index contributed by atoms with van der Waals surface area (Å²) in [5, 5.41) is 2.90. The number of esters is 1. The number of carbonyl (C=O) groups excluding carboxylic acids is 2. The second-order valence-corrected chi connectivity index (χ2v) is 4.61. The largest absolute Gasteiger partial charge is 0.452 e. The highest BCUT2D eigenvalue weighted by atomic mass is 35.5. The molecule has 0 bridgehead atoms. The third-order valence-electron chi connectivity index (χ3n) is 2.28. The number of halogens is 2. The van der Waals surface area contributed by atoms with Gasteiger partial charge in [-0.1, -0.05) is 23.2 Å². The van der Waals surface area contributed by atoms with Crippen LogP contribution in [-0.2, 0) is 14.3 Å². The maximum Gasteiger partial charge on any atom is 0.340 e. The number of nitrogens with two attached hydrogens (primary N) is 1. The molecule has 0 fully saturated rings. The lowest BCUT2D eigenvalue weighted by atomic mass is 10.2. The van der Waals surface area contributed by atoms with Crippen LogP contribution in [0.4, 0.5) is 5.69 Å². The number of methoxy groups -OCH3 is 1. The lowest BCUT2D eigenvalue weighted by Gasteiger charge is -2.09. The van der Waals surface area contributed by atoms with Crippen molar-refractivity contribution >= 4 is 40.8 Å². The molecule has 1 aromatic carbocycles. The Balaban J connectivity index is 2.57. The number of ether oxygens (including phenoxy) is 2. The number of carbonyl (C=O) groups is 2. The second-order valence-electron chi connectivity index (χ2n) is 3.77. The topological polar surface area (TPSA) is 90.6 Å². The van der Waals surface area contributed by atoms with Crippen LogP contribution in [0.1, 0.15) is 10.4 Å². The minimum absolute atomic E-state index is 0.0205. The van der Waals surface area contributed by atoms with Crippen LogP contribution in [0.15, 0.2) is 12.1 Å². The Morgan fingerprint density at radius 2 is 2.05 bits per heavy atom. The van der Waals surface area contributed by atoms with Crippen molar-refractivity contribution in [3.8, 4) is 0 Å². The van der Waals surface area contributed by atoms with Crippen molar-refractivity contribution in [3.63, 3.8) is 0 Å². The van der Waals surface area contributed by atoms with Gasteiger partial charge in [-0.2, -0.15) is 0 Å². The van der Waals surface area contributed by atoms with E-state index in [1.165, 1.54) is 19.2 Å². The van der Waals surface area contributed by atoms with E-state index in [-0.39, 0.29) is 21.3 Å². The van der Waals surface area contributed by atoms with E-state index in [2.05, 4.69) is 5.32 Å². The summed E-state index contributed by atoms with van der Waals surface area (Å²) in [6, 6.07) is 2.74. The molecule has 0 aromatic heterocycles. The average molecular weight is 321 g/mol. The first-order valence-electron chi connectivity index (χ1n) is 5.63. The summed E-state index contributed by atoms with van der Waals surface area (Å²) < 4.78 is 9.58. The van der Waals surface area contributed by atoms with E-state index in [1.54, 1.807) is 0 Å². The Hall–Kier alpha value is -1.50. The molecule has 3 N–H and O–H groups in total. The van der Waals surface area contributed by atoms with Crippen molar-refractivity contribution in [3.05, 3.63) is 27.7 Å². The highest BCUT2D eigenvalue weighted by molar-refractivity contribution is 6.37. The zero-order chi connectivity index (χ0) is 15.1. The molecule has 0 aliphatic rings. The molecular formula is C12H14Cl2N2O4. The molecule has 1 aromatic rings. The first-order chi connectivity index (χ1) is 9.45. The molecule has 0 spiro atoms. The molecule has 0 atom stereocenters. The second kappa shape index (κ2) is 7.94. The van der Waals surface area contributed by atoms with Gasteiger partial charge in [0.1, 0.15) is 0 Å². The number of anilines is 1. The van der Waals surface area contributed by atoms with Gasteiger partial charge in [0.05, 0.1) is 22.9 Å². The first-order valence-corrected chi connectivity index (χ1v) is 6.38. The summed E-state index contributed by atoms with van der Waals surface area (Å²) in [6.07, 6.45) is 0. The molecule has 0 radical (unpaired) electrons. The minimum atomic E-state index is -0.770. The van der Waals surface area contributed by atoms with Gasteiger partial charge in [0.15, 0.2) is 6.61 Å². The number of benzene rings is 1. The van der Waals surface area contributed by atoms with Gasteiger partial charge in [-0.05, 0) is 12.1 Å². The molecule has 8 heteroatoms. The molecule has 0 aliphatic heterocycles. The smallest absolute Gasteiger partial charge is 0.340 e. The molecule has 110 valence electrons. The van der Waals surface area contributed by atoms with Crippen molar-refractivity contribution in [1.82, 2.24) is 5.32 Å². The molecular weight excluding hydrogens is 307 g/mol. The van der Waals surface area contributed by atoms with Gasteiger partial charge < -0.3 is 20.5 Å². The van der Waals surface area contributed by atoms with Gasteiger partial charge >= 0.3 is 5.97 Å². The molecule has 0 aliphatic carbocycles. The van der Waals surface area contributed by atoms with Crippen LogP contribution in [0.2, 0.25) is 10.0 Å². The summed E-state index contributed by atoms with van der Waals surface area (Å²) in [5.74, 6) is -1.21. The monoisotopic (exact) mass is 320 g/mol.